The number of halogens is 4. The van der Waals surface area contributed by atoms with E-state index in [1.54, 1.807) is 6.07 Å². The number of hydrogen-bond acceptors (Lipinski definition) is 5. The molecule has 1 aromatic heterocycles. The van der Waals surface area contributed by atoms with Crippen LogP contribution in [0, 0.1) is 11.6 Å². The highest BCUT2D eigenvalue weighted by Gasteiger charge is 2.14. The van der Waals surface area contributed by atoms with E-state index >= 15 is 0 Å². The van der Waals surface area contributed by atoms with Crippen LogP contribution in [-0.2, 0) is 16.1 Å². The largest absolute Gasteiger partial charge is 0.480 e. The van der Waals surface area contributed by atoms with Crippen LogP contribution in [0.2, 0.25) is 10.0 Å². The van der Waals surface area contributed by atoms with Crippen LogP contribution in [0.25, 0.3) is 11.3 Å². The van der Waals surface area contributed by atoms with Crippen LogP contribution in [0.4, 0.5) is 8.78 Å². The fourth-order valence-corrected chi connectivity index (χ4v) is 2.58. The minimum Gasteiger partial charge on any atom is -0.480 e. The molecule has 0 aliphatic carbocycles. The third kappa shape index (κ3) is 4.96. The zero-order chi connectivity index (χ0) is 19.4. The second-order valence-corrected chi connectivity index (χ2v) is 6.17. The first-order valence-electron chi connectivity index (χ1n) is 7.57. The summed E-state index contributed by atoms with van der Waals surface area (Å²) in [5.74, 6) is -1.79. The van der Waals surface area contributed by atoms with E-state index in [0.29, 0.717) is 5.02 Å². The molecule has 3 rings (SSSR count). The van der Waals surface area contributed by atoms with Gasteiger partial charge in [0.15, 0.2) is 12.4 Å². The van der Waals surface area contributed by atoms with E-state index < -0.39 is 17.6 Å². The van der Waals surface area contributed by atoms with Crippen LogP contribution >= 0.6 is 23.2 Å². The highest BCUT2D eigenvalue weighted by Crippen LogP contribution is 2.27. The number of nitrogens with zero attached hydrogens (tertiary/aromatic N) is 1. The zero-order valence-corrected chi connectivity index (χ0v) is 15.1. The molecule has 0 spiro atoms. The van der Waals surface area contributed by atoms with Crippen molar-refractivity contribution in [3.8, 4) is 17.1 Å². The van der Waals surface area contributed by atoms with Crippen LogP contribution in [-0.4, -0.2) is 17.7 Å². The molecule has 0 amide bonds. The molecule has 0 fully saturated rings. The third-order valence-electron chi connectivity index (χ3n) is 3.38. The number of aromatic nitrogens is 1. The molecule has 0 atom stereocenters. The Balaban J connectivity index is 1.54. The van der Waals surface area contributed by atoms with Crippen molar-refractivity contribution >= 4 is 29.2 Å². The summed E-state index contributed by atoms with van der Waals surface area (Å²) in [6, 6.07) is 9.02. The molecule has 1 heterocycles. The van der Waals surface area contributed by atoms with Gasteiger partial charge in [-0.05, 0) is 30.3 Å². The van der Waals surface area contributed by atoms with Gasteiger partial charge in [0.1, 0.15) is 29.7 Å². The minimum atomic E-state index is -0.789. The lowest BCUT2D eigenvalue weighted by Gasteiger charge is -2.07. The lowest BCUT2D eigenvalue weighted by molar-refractivity contribution is -0.147. The van der Waals surface area contributed by atoms with Gasteiger partial charge in [-0.2, -0.15) is 0 Å². The summed E-state index contributed by atoms with van der Waals surface area (Å²) in [7, 11) is 0. The average Bonchev–Trinajstić information content (AvgIpc) is 3.08. The highest BCUT2D eigenvalue weighted by atomic mass is 35.5. The van der Waals surface area contributed by atoms with Crippen molar-refractivity contribution in [1.82, 2.24) is 5.16 Å². The Bertz CT molecular complexity index is 978. The van der Waals surface area contributed by atoms with Crippen molar-refractivity contribution in [3.63, 3.8) is 0 Å². The number of ether oxygens (including phenoxy) is 2. The van der Waals surface area contributed by atoms with Gasteiger partial charge in [-0.15, -0.1) is 0 Å². The number of hydrogen-bond donors (Lipinski definition) is 0. The van der Waals surface area contributed by atoms with E-state index in [2.05, 4.69) is 5.16 Å². The molecule has 0 saturated heterocycles. The molecule has 2 aromatic carbocycles. The van der Waals surface area contributed by atoms with Crippen LogP contribution in [0.15, 0.2) is 47.0 Å². The van der Waals surface area contributed by atoms with E-state index in [1.165, 1.54) is 24.3 Å². The number of benzene rings is 2. The van der Waals surface area contributed by atoms with Crippen molar-refractivity contribution in [1.29, 1.82) is 0 Å². The topological polar surface area (TPSA) is 61.6 Å². The van der Waals surface area contributed by atoms with Crippen molar-refractivity contribution in [2.75, 3.05) is 6.61 Å². The van der Waals surface area contributed by atoms with Gasteiger partial charge in [0, 0.05) is 17.2 Å². The smallest absolute Gasteiger partial charge is 0.344 e. The molecule has 0 bridgehead atoms. The van der Waals surface area contributed by atoms with Gasteiger partial charge in [-0.3, -0.25) is 0 Å². The van der Waals surface area contributed by atoms with Crippen molar-refractivity contribution in [2.24, 2.45) is 0 Å². The summed E-state index contributed by atoms with van der Waals surface area (Å²) in [5, 5.41) is 4.38. The van der Waals surface area contributed by atoms with Crippen molar-refractivity contribution in [2.45, 2.75) is 6.61 Å². The van der Waals surface area contributed by atoms with Crippen LogP contribution < -0.4 is 4.74 Å². The summed E-state index contributed by atoms with van der Waals surface area (Å²) in [6.45, 7) is -0.582. The van der Waals surface area contributed by atoms with E-state index in [0.717, 1.165) is 12.1 Å². The normalized spacial score (nSPS) is 10.7. The van der Waals surface area contributed by atoms with E-state index in [9.17, 15) is 13.6 Å². The summed E-state index contributed by atoms with van der Waals surface area (Å²) < 4.78 is 41.9. The van der Waals surface area contributed by atoms with Crippen LogP contribution in [0.1, 0.15) is 5.69 Å². The maximum atomic E-state index is 13.7. The maximum absolute atomic E-state index is 13.7. The fraction of sp³-hybridized carbons (Fsp3) is 0.111. The SMILES string of the molecule is O=C(COc1ccc(Cl)cc1Cl)OCc1cc(-c2ccc(F)cc2F)on1. The standard InChI is InChI=1S/C18H11Cl2F2NO4/c19-10-1-4-16(14(20)5-10)25-9-18(24)26-8-12-7-17(27-23-12)13-3-2-11(21)6-15(13)22/h1-7H,8-9H2. The van der Waals surface area contributed by atoms with Crippen LogP contribution in [0.5, 0.6) is 5.75 Å². The van der Waals surface area contributed by atoms with Gasteiger partial charge in [-0.1, -0.05) is 28.4 Å². The molecule has 3 aromatic rings. The quantitative estimate of drug-likeness (QED) is 0.529. The predicted molar refractivity (Wildman–Crippen MR) is 93.6 cm³/mol. The molecule has 9 heteroatoms. The van der Waals surface area contributed by atoms with Crippen molar-refractivity contribution < 1.29 is 27.6 Å². The van der Waals surface area contributed by atoms with Gasteiger partial charge in [0.2, 0.25) is 0 Å². The average molecular weight is 414 g/mol. The highest BCUT2D eigenvalue weighted by molar-refractivity contribution is 6.35. The molecule has 140 valence electrons. The third-order valence-corrected chi connectivity index (χ3v) is 3.91. The Labute approximate surface area is 162 Å². The number of carbonyl (C=O) groups is 1. The van der Waals surface area contributed by atoms with Gasteiger partial charge < -0.3 is 14.0 Å². The number of carbonyl (C=O) groups excluding carboxylic acids is 1. The molecule has 27 heavy (non-hydrogen) atoms. The molecule has 0 radical (unpaired) electrons. The number of esters is 1. The monoisotopic (exact) mass is 413 g/mol. The first-order chi connectivity index (χ1) is 12.9. The lowest BCUT2D eigenvalue weighted by Crippen LogP contribution is -2.15. The Morgan fingerprint density at radius 2 is 1.93 bits per heavy atom. The molecular formula is C18H11Cl2F2NO4. The predicted octanol–water partition coefficient (Wildman–Crippen LogP) is 5.05. The molecule has 0 N–H and O–H groups in total. The van der Waals surface area contributed by atoms with Gasteiger partial charge in [0.05, 0.1) is 10.6 Å². The van der Waals surface area contributed by atoms with Gasteiger partial charge in [0.25, 0.3) is 0 Å². The molecule has 0 saturated carbocycles. The summed E-state index contributed by atoms with van der Waals surface area (Å²) >= 11 is 11.7. The van der Waals surface area contributed by atoms with E-state index in [1.807, 2.05) is 0 Å². The summed E-state index contributed by atoms with van der Waals surface area (Å²) in [6.07, 6.45) is 0. The Morgan fingerprint density at radius 1 is 1.11 bits per heavy atom. The van der Waals surface area contributed by atoms with Crippen molar-refractivity contribution in [3.05, 3.63) is 69.8 Å². The molecular weight excluding hydrogens is 403 g/mol. The minimum absolute atomic E-state index is 0.0437. The molecule has 0 unspecified atom stereocenters. The fourth-order valence-electron chi connectivity index (χ4n) is 2.12. The number of rotatable bonds is 6. The summed E-state index contributed by atoms with van der Waals surface area (Å²) in [5.41, 5.74) is 0.300. The second-order valence-electron chi connectivity index (χ2n) is 5.33. The zero-order valence-electron chi connectivity index (χ0n) is 13.5. The lowest BCUT2D eigenvalue weighted by atomic mass is 10.1. The maximum Gasteiger partial charge on any atom is 0.344 e. The van der Waals surface area contributed by atoms with E-state index in [-0.39, 0.29) is 41.0 Å². The Hall–Kier alpha value is -2.64. The molecule has 0 aliphatic heterocycles. The first kappa shape index (κ1) is 19.1. The van der Waals surface area contributed by atoms with Crippen LogP contribution in [0.3, 0.4) is 0 Å². The Morgan fingerprint density at radius 3 is 2.67 bits per heavy atom. The second kappa shape index (κ2) is 8.37. The molecule has 5 nitrogen and oxygen atoms in total. The first-order valence-corrected chi connectivity index (χ1v) is 8.32. The van der Waals surface area contributed by atoms with Gasteiger partial charge in [-0.25, -0.2) is 13.6 Å². The van der Waals surface area contributed by atoms with E-state index in [4.69, 9.17) is 37.2 Å². The molecule has 0 aliphatic rings. The Kier molecular flexibility index (Phi) is 5.93. The van der Waals surface area contributed by atoms with Gasteiger partial charge >= 0.3 is 5.97 Å². The summed E-state index contributed by atoms with van der Waals surface area (Å²) in [4.78, 5) is 11.8.